The number of ether oxygens (including phenoxy) is 1. The summed E-state index contributed by atoms with van der Waals surface area (Å²) in [4.78, 5) is 30.8. The van der Waals surface area contributed by atoms with E-state index in [-0.39, 0.29) is 12.2 Å². The van der Waals surface area contributed by atoms with Crippen LogP contribution in [0.5, 0.6) is 0 Å². The molecule has 24 heavy (non-hydrogen) atoms. The second kappa shape index (κ2) is 5.89. The van der Waals surface area contributed by atoms with Gasteiger partial charge in [0.1, 0.15) is 0 Å². The summed E-state index contributed by atoms with van der Waals surface area (Å²) in [6.45, 7) is 1.44. The fourth-order valence-electron chi connectivity index (χ4n) is 2.34. The molecule has 8 heteroatoms. The van der Waals surface area contributed by atoms with Gasteiger partial charge in [-0.2, -0.15) is 9.50 Å². The average molecular weight is 328 g/mol. The number of nitrogens with zero attached hydrogens (tertiary/aromatic N) is 3. The third-order valence-electron chi connectivity index (χ3n) is 3.85. The van der Waals surface area contributed by atoms with E-state index in [0.717, 1.165) is 10.1 Å². The first-order valence-corrected chi connectivity index (χ1v) is 7.26. The van der Waals surface area contributed by atoms with Gasteiger partial charge in [0.15, 0.2) is 11.4 Å². The average Bonchev–Trinajstić information content (AvgIpc) is 3.00. The molecular weight excluding hydrogens is 312 g/mol. The van der Waals surface area contributed by atoms with Crippen LogP contribution in [0.1, 0.15) is 12.6 Å². The molecule has 2 aromatic heterocycles. The van der Waals surface area contributed by atoms with E-state index in [1.54, 1.807) is 0 Å². The number of aliphatic carboxylic acids is 1. The minimum atomic E-state index is -1.44. The number of nitrogens with one attached hydrogen (secondary N) is 1. The number of rotatable bonds is 5. The highest BCUT2D eigenvalue weighted by molar-refractivity contribution is 5.77. The molecule has 0 aliphatic carbocycles. The third-order valence-corrected chi connectivity index (χ3v) is 3.85. The molecule has 0 aliphatic heterocycles. The number of carbonyl (C=O) groups is 1. The van der Waals surface area contributed by atoms with Gasteiger partial charge in [0.05, 0.1) is 0 Å². The maximum absolute atomic E-state index is 12.2. The van der Waals surface area contributed by atoms with Crippen molar-refractivity contribution in [3.63, 3.8) is 0 Å². The number of benzene rings is 1. The summed E-state index contributed by atoms with van der Waals surface area (Å²) in [5.41, 5.74) is -0.643. The summed E-state index contributed by atoms with van der Waals surface area (Å²) in [6.07, 6.45) is -0.00188. The summed E-state index contributed by atoms with van der Waals surface area (Å²) in [5, 5.41) is 13.5. The largest absolute Gasteiger partial charge is 0.479 e. The number of aromatic nitrogens is 4. The summed E-state index contributed by atoms with van der Waals surface area (Å²) >= 11 is 0. The topological polar surface area (TPSA) is 110 Å². The molecule has 0 fully saturated rings. The maximum atomic E-state index is 12.2. The van der Waals surface area contributed by atoms with Crippen molar-refractivity contribution in [1.82, 2.24) is 19.6 Å². The zero-order valence-electron chi connectivity index (χ0n) is 13.2. The van der Waals surface area contributed by atoms with Crippen LogP contribution in [0.25, 0.3) is 17.2 Å². The van der Waals surface area contributed by atoms with Crippen molar-refractivity contribution >= 4 is 11.7 Å². The van der Waals surface area contributed by atoms with Gasteiger partial charge in [-0.25, -0.2) is 4.79 Å². The predicted molar refractivity (Wildman–Crippen MR) is 85.8 cm³/mol. The molecule has 1 aromatic carbocycles. The molecule has 0 saturated carbocycles. The molecule has 2 N–H and O–H groups in total. The van der Waals surface area contributed by atoms with Crippen LogP contribution >= 0.6 is 0 Å². The number of carboxylic acids is 1. The first-order valence-electron chi connectivity index (χ1n) is 7.26. The molecule has 1 atom stereocenters. The first kappa shape index (κ1) is 15.9. The van der Waals surface area contributed by atoms with Gasteiger partial charge >= 0.3 is 5.97 Å². The van der Waals surface area contributed by atoms with Gasteiger partial charge in [-0.3, -0.25) is 4.79 Å². The third kappa shape index (κ3) is 2.79. The van der Waals surface area contributed by atoms with E-state index in [4.69, 9.17) is 4.74 Å². The van der Waals surface area contributed by atoms with Gasteiger partial charge in [0.25, 0.3) is 5.56 Å². The van der Waals surface area contributed by atoms with Gasteiger partial charge in [-0.05, 0) is 6.92 Å². The van der Waals surface area contributed by atoms with E-state index in [2.05, 4.69) is 15.1 Å². The predicted octanol–water partition coefficient (Wildman–Crippen LogP) is 1.12. The number of hydrogen-bond acceptors (Lipinski definition) is 5. The Labute approximate surface area is 136 Å². The van der Waals surface area contributed by atoms with Crippen LogP contribution in [-0.2, 0) is 16.0 Å². The van der Waals surface area contributed by atoms with E-state index in [9.17, 15) is 14.7 Å². The fourth-order valence-corrected chi connectivity index (χ4v) is 2.34. The number of aromatic amines is 1. The van der Waals surface area contributed by atoms with Crippen LogP contribution in [0, 0.1) is 0 Å². The van der Waals surface area contributed by atoms with Gasteiger partial charge in [0.2, 0.25) is 5.78 Å². The Hall–Kier alpha value is -3.00. The molecule has 0 radical (unpaired) electrons. The van der Waals surface area contributed by atoms with Crippen LogP contribution in [0.2, 0.25) is 0 Å². The molecule has 3 rings (SSSR count). The van der Waals surface area contributed by atoms with Crippen LogP contribution < -0.4 is 5.56 Å². The number of carboxylic acid groups (broad SMARTS) is 1. The van der Waals surface area contributed by atoms with Crippen molar-refractivity contribution in [3.8, 4) is 11.4 Å². The monoisotopic (exact) mass is 328 g/mol. The van der Waals surface area contributed by atoms with Crippen LogP contribution in [-0.4, -0.2) is 43.4 Å². The molecule has 0 bridgehead atoms. The number of methoxy groups -OCH3 is 1. The van der Waals surface area contributed by atoms with Crippen molar-refractivity contribution in [1.29, 1.82) is 0 Å². The van der Waals surface area contributed by atoms with Crippen molar-refractivity contribution in [2.45, 2.75) is 18.9 Å². The summed E-state index contributed by atoms with van der Waals surface area (Å²) < 4.78 is 6.21. The van der Waals surface area contributed by atoms with E-state index >= 15 is 0 Å². The SMILES string of the molecule is COC(C)(Cc1cc(=O)n2nc(-c3ccccc3)nc2[nH]1)C(=O)O. The minimum absolute atomic E-state index is 0.00188. The Morgan fingerprint density at radius 1 is 1.38 bits per heavy atom. The Morgan fingerprint density at radius 2 is 2.08 bits per heavy atom. The van der Waals surface area contributed by atoms with E-state index < -0.39 is 17.1 Å². The lowest BCUT2D eigenvalue weighted by Crippen LogP contribution is -2.40. The highest BCUT2D eigenvalue weighted by Gasteiger charge is 2.33. The minimum Gasteiger partial charge on any atom is -0.479 e. The number of H-pyrrole nitrogens is 1. The molecule has 0 spiro atoms. The highest BCUT2D eigenvalue weighted by atomic mass is 16.5. The zero-order chi connectivity index (χ0) is 17.3. The van der Waals surface area contributed by atoms with Gasteiger partial charge < -0.3 is 14.8 Å². The van der Waals surface area contributed by atoms with Gasteiger partial charge in [-0.15, -0.1) is 5.10 Å². The molecule has 3 aromatic rings. The Kier molecular flexibility index (Phi) is 3.90. The quantitative estimate of drug-likeness (QED) is 0.726. The van der Waals surface area contributed by atoms with Crippen molar-refractivity contribution in [3.05, 3.63) is 52.4 Å². The zero-order valence-corrected chi connectivity index (χ0v) is 13.2. The number of fused-ring (bicyclic) bond motifs is 1. The normalized spacial score (nSPS) is 13.8. The highest BCUT2D eigenvalue weighted by Crippen LogP contribution is 2.17. The van der Waals surface area contributed by atoms with E-state index in [1.807, 2.05) is 30.3 Å². The lowest BCUT2D eigenvalue weighted by Gasteiger charge is -2.22. The Bertz CT molecular complexity index is 948. The molecular formula is C16H16N4O4. The molecule has 1 unspecified atom stereocenters. The molecule has 0 saturated heterocycles. The standard InChI is InChI=1S/C16H16N4O4/c1-16(24-2,14(22)23)9-11-8-12(21)20-15(17-11)18-13(19-20)10-6-4-3-5-7-10/h3-8H,9H2,1-2H3,(H,22,23)(H,17,18,19). The van der Waals surface area contributed by atoms with Crippen molar-refractivity contribution in [2.75, 3.05) is 7.11 Å². The molecule has 124 valence electrons. The molecule has 0 aliphatic rings. The Morgan fingerprint density at radius 3 is 2.71 bits per heavy atom. The van der Waals surface area contributed by atoms with Crippen LogP contribution in [0.15, 0.2) is 41.2 Å². The van der Waals surface area contributed by atoms with E-state index in [1.165, 1.54) is 20.1 Å². The molecule has 2 heterocycles. The summed E-state index contributed by atoms with van der Waals surface area (Å²) in [5.74, 6) is -0.453. The lowest BCUT2D eigenvalue weighted by molar-refractivity contribution is -0.160. The summed E-state index contributed by atoms with van der Waals surface area (Å²) in [6, 6.07) is 10.6. The van der Waals surface area contributed by atoms with Gasteiger partial charge in [-0.1, -0.05) is 30.3 Å². The lowest BCUT2D eigenvalue weighted by atomic mass is 10.00. The maximum Gasteiger partial charge on any atom is 0.336 e. The molecule has 8 nitrogen and oxygen atoms in total. The second-order valence-corrected chi connectivity index (χ2v) is 5.59. The molecule has 0 amide bonds. The first-order chi connectivity index (χ1) is 11.4. The van der Waals surface area contributed by atoms with Crippen molar-refractivity contribution in [2.24, 2.45) is 0 Å². The smallest absolute Gasteiger partial charge is 0.336 e. The van der Waals surface area contributed by atoms with Crippen LogP contribution in [0.3, 0.4) is 0 Å². The summed E-state index contributed by atoms with van der Waals surface area (Å²) in [7, 11) is 1.31. The van der Waals surface area contributed by atoms with Gasteiger partial charge in [0, 0.05) is 30.9 Å². The fraction of sp³-hybridized carbons (Fsp3) is 0.250. The Balaban J connectivity index is 2.04. The van der Waals surface area contributed by atoms with Crippen LogP contribution in [0.4, 0.5) is 0 Å². The van der Waals surface area contributed by atoms with Crippen molar-refractivity contribution < 1.29 is 14.6 Å². The number of hydrogen-bond donors (Lipinski definition) is 2. The second-order valence-electron chi connectivity index (χ2n) is 5.59. The van der Waals surface area contributed by atoms with E-state index in [0.29, 0.717) is 11.5 Å².